The van der Waals surface area contributed by atoms with E-state index < -0.39 is 0 Å². The number of aryl methyl sites for hydroxylation is 1. The van der Waals surface area contributed by atoms with Crippen molar-refractivity contribution >= 4 is 5.95 Å². The Labute approximate surface area is 95.9 Å². The number of anilines is 1. The average molecular weight is 225 g/mol. The summed E-state index contributed by atoms with van der Waals surface area (Å²) in [7, 11) is 0. The fourth-order valence-electron chi connectivity index (χ4n) is 1.15. The van der Waals surface area contributed by atoms with Gasteiger partial charge in [0.05, 0.1) is 13.2 Å². The van der Waals surface area contributed by atoms with Gasteiger partial charge in [0.15, 0.2) is 0 Å². The van der Waals surface area contributed by atoms with Crippen molar-refractivity contribution in [3.8, 4) is 5.88 Å². The quantitative estimate of drug-likeness (QED) is 0.765. The number of hydrogen-bond donors (Lipinski definition) is 2. The molecule has 1 heterocycles. The van der Waals surface area contributed by atoms with E-state index in [0.29, 0.717) is 18.4 Å². The molecule has 5 heteroatoms. The van der Waals surface area contributed by atoms with Gasteiger partial charge in [-0.3, -0.25) is 0 Å². The lowest BCUT2D eigenvalue weighted by Gasteiger charge is -2.12. The number of aliphatic hydroxyl groups is 1. The Kier molecular flexibility index (Phi) is 4.98. The lowest BCUT2D eigenvalue weighted by Crippen LogP contribution is -2.21. The van der Waals surface area contributed by atoms with E-state index in [9.17, 15) is 0 Å². The molecule has 5 nitrogen and oxygen atoms in total. The predicted molar refractivity (Wildman–Crippen MR) is 62.7 cm³/mol. The molecule has 0 saturated carbocycles. The Morgan fingerprint density at radius 1 is 1.50 bits per heavy atom. The summed E-state index contributed by atoms with van der Waals surface area (Å²) in [6.07, 6.45) is 0.943. The van der Waals surface area contributed by atoms with Crippen LogP contribution in [0.1, 0.15) is 26.0 Å². The molecule has 1 unspecified atom stereocenters. The summed E-state index contributed by atoms with van der Waals surface area (Å²) >= 11 is 0. The van der Waals surface area contributed by atoms with Crippen LogP contribution in [0.5, 0.6) is 5.88 Å². The molecular formula is C11H19N3O2. The van der Waals surface area contributed by atoms with Gasteiger partial charge in [0, 0.05) is 17.8 Å². The zero-order chi connectivity index (χ0) is 12.0. The second-order valence-electron chi connectivity index (χ2n) is 3.75. The largest absolute Gasteiger partial charge is 0.478 e. The van der Waals surface area contributed by atoms with Gasteiger partial charge in [0.25, 0.3) is 0 Å². The fraction of sp³-hybridized carbons (Fsp3) is 0.636. The van der Waals surface area contributed by atoms with Crippen molar-refractivity contribution in [3.05, 3.63) is 11.8 Å². The number of nitrogens with one attached hydrogen (secondary N) is 1. The highest BCUT2D eigenvalue weighted by Gasteiger charge is 2.05. The molecule has 0 fully saturated rings. The number of hydrogen-bond acceptors (Lipinski definition) is 5. The Hall–Kier alpha value is -1.36. The normalized spacial score (nSPS) is 12.2. The molecule has 0 bridgehead atoms. The monoisotopic (exact) mass is 225 g/mol. The van der Waals surface area contributed by atoms with Gasteiger partial charge in [-0.15, -0.1) is 0 Å². The molecule has 0 saturated heterocycles. The van der Waals surface area contributed by atoms with Crippen molar-refractivity contribution in [2.75, 3.05) is 18.5 Å². The minimum atomic E-state index is -0.0687. The molecule has 0 aliphatic rings. The summed E-state index contributed by atoms with van der Waals surface area (Å²) in [4.78, 5) is 8.42. The first-order valence-electron chi connectivity index (χ1n) is 5.51. The number of nitrogens with zero attached hydrogens (tertiary/aromatic N) is 2. The Morgan fingerprint density at radius 3 is 2.88 bits per heavy atom. The SMILES string of the molecule is CCCOc1cc(C)nc(NC(C)CO)n1. The summed E-state index contributed by atoms with van der Waals surface area (Å²) in [6, 6.07) is 1.73. The maximum Gasteiger partial charge on any atom is 0.226 e. The van der Waals surface area contributed by atoms with Gasteiger partial charge >= 0.3 is 0 Å². The molecule has 1 aromatic rings. The highest BCUT2D eigenvalue weighted by atomic mass is 16.5. The van der Waals surface area contributed by atoms with Crippen molar-refractivity contribution in [1.82, 2.24) is 9.97 Å². The number of aromatic nitrogens is 2. The first kappa shape index (κ1) is 12.7. The molecule has 0 radical (unpaired) electrons. The maximum absolute atomic E-state index is 8.93. The van der Waals surface area contributed by atoms with E-state index in [4.69, 9.17) is 9.84 Å². The molecule has 1 atom stereocenters. The van der Waals surface area contributed by atoms with E-state index in [1.807, 2.05) is 20.8 Å². The topological polar surface area (TPSA) is 67.3 Å². The number of rotatable bonds is 6. The van der Waals surface area contributed by atoms with Crippen molar-refractivity contribution in [2.45, 2.75) is 33.2 Å². The van der Waals surface area contributed by atoms with Crippen molar-refractivity contribution < 1.29 is 9.84 Å². The number of ether oxygens (including phenoxy) is 1. The third kappa shape index (κ3) is 4.02. The number of aliphatic hydroxyl groups excluding tert-OH is 1. The van der Waals surface area contributed by atoms with Crippen LogP contribution in [-0.2, 0) is 0 Å². The van der Waals surface area contributed by atoms with Crippen LogP contribution in [0.15, 0.2) is 6.07 Å². The van der Waals surface area contributed by atoms with E-state index in [2.05, 4.69) is 15.3 Å². The Morgan fingerprint density at radius 2 is 2.25 bits per heavy atom. The average Bonchev–Trinajstić information content (AvgIpc) is 2.25. The lowest BCUT2D eigenvalue weighted by atomic mass is 10.4. The molecule has 2 N–H and O–H groups in total. The second-order valence-corrected chi connectivity index (χ2v) is 3.75. The van der Waals surface area contributed by atoms with Gasteiger partial charge < -0.3 is 15.2 Å². The maximum atomic E-state index is 8.93. The Balaban J connectivity index is 2.73. The van der Waals surface area contributed by atoms with Crippen LogP contribution in [0, 0.1) is 6.92 Å². The van der Waals surface area contributed by atoms with Crippen LogP contribution in [-0.4, -0.2) is 34.3 Å². The highest BCUT2D eigenvalue weighted by molar-refractivity contribution is 5.31. The molecule has 1 rings (SSSR count). The van der Waals surface area contributed by atoms with Crippen LogP contribution in [0.4, 0.5) is 5.95 Å². The van der Waals surface area contributed by atoms with Gasteiger partial charge in [0.2, 0.25) is 11.8 Å². The first-order valence-corrected chi connectivity index (χ1v) is 5.51. The molecule has 0 aliphatic carbocycles. The van der Waals surface area contributed by atoms with Gasteiger partial charge in [0.1, 0.15) is 0 Å². The molecular weight excluding hydrogens is 206 g/mol. The third-order valence-corrected chi connectivity index (χ3v) is 1.93. The van der Waals surface area contributed by atoms with Gasteiger partial charge in [-0.05, 0) is 20.3 Å². The van der Waals surface area contributed by atoms with E-state index in [1.165, 1.54) is 0 Å². The standard InChI is InChI=1S/C11H19N3O2/c1-4-5-16-10-6-8(2)12-11(14-10)13-9(3)7-15/h6,9,15H,4-5,7H2,1-3H3,(H,12,13,14). The molecule has 0 spiro atoms. The van der Waals surface area contributed by atoms with E-state index in [-0.39, 0.29) is 12.6 Å². The van der Waals surface area contributed by atoms with Crippen LogP contribution in [0.25, 0.3) is 0 Å². The predicted octanol–water partition coefficient (Wildman–Crippen LogP) is 1.37. The van der Waals surface area contributed by atoms with Crippen LogP contribution < -0.4 is 10.1 Å². The molecule has 16 heavy (non-hydrogen) atoms. The highest BCUT2D eigenvalue weighted by Crippen LogP contribution is 2.12. The molecule has 0 aromatic carbocycles. The fourth-order valence-corrected chi connectivity index (χ4v) is 1.15. The van der Waals surface area contributed by atoms with E-state index >= 15 is 0 Å². The third-order valence-electron chi connectivity index (χ3n) is 1.93. The van der Waals surface area contributed by atoms with Gasteiger partial charge in [-0.1, -0.05) is 6.92 Å². The molecule has 0 aliphatic heterocycles. The van der Waals surface area contributed by atoms with Crippen LogP contribution in [0.2, 0.25) is 0 Å². The minimum absolute atomic E-state index is 0.0441. The summed E-state index contributed by atoms with van der Waals surface area (Å²) in [5.41, 5.74) is 0.841. The molecule has 1 aromatic heterocycles. The molecule has 0 amide bonds. The van der Waals surface area contributed by atoms with Crippen molar-refractivity contribution in [1.29, 1.82) is 0 Å². The van der Waals surface area contributed by atoms with Crippen molar-refractivity contribution in [3.63, 3.8) is 0 Å². The van der Waals surface area contributed by atoms with Crippen LogP contribution >= 0.6 is 0 Å². The Bertz CT molecular complexity index is 331. The summed E-state index contributed by atoms with van der Waals surface area (Å²) in [6.45, 7) is 6.47. The summed E-state index contributed by atoms with van der Waals surface area (Å²) in [5.74, 6) is 1.06. The van der Waals surface area contributed by atoms with Gasteiger partial charge in [-0.2, -0.15) is 4.98 Å². The van der Waals surface area contributed by atoms with Crippen LogP contribution in [0.3, 0.4) is 0 Å². The van der Waals surface area contributed by atoms with Crippen molar-refractivity contribution in [2.24, 2.45) is 0 Å². The summed E-state index contributed by atoms with van der Waals surface area (Å²) in [5, 5.41) is 11.9. The zero-order valence-corrected chi connectivity index (χ0v) is 10.0. The smallest absolute Gasteiger partial charge is 0.226 e. The summed E-state index contributed by atoms with van der Waals surface area (Å²) < 4.78 is 5.44. The van der Waals surface area contributed by atoms with E-state index in [1.54, 1.807) is 6.07 Å². The lowest BCUT2D eigenvalue weighted by molar-refractivity contribution is 0.280. The van der Waals surface area contributed by atoms with E-state index in [0.717, 1.165) is 12.1 Å². The molecule has 90 valence electrons. The first-order chi connectivity index (χ1) is 7.65. The second kappa shape index (κ2) is 6.27. The van der Waals surface area contributed by atoms with Gasteiger partial charge in [-0.25, -0.2) is 4.98 Å². The zero-order valence-electron chi connectivity index (χ0n) is 10.0. The minimum Gasteiger partial charge on any atom is -0.478 e.